The summed E-state index contributed by atoms with van der Waals surface area (Å²) in [4.78, 5) is 54.1. The molecule has 0 radical (unpaired) electrons. The zero-order valence-electron chi connectivity index (χ0n) is 18.0. The van der Waals surface area contributed by atoms with Crippen molar-refractivity contribution in [2.24, 2.45) is 11.8 Å². The van der Waals surface area contributed by atoms with Gasteiger partial charge in [-0.3, -0.25) is 19.2 Å². The summed E-state index contributed by atoms with van der Waals surface area (Å²) in [6.07, 6.45) is 4.35. The molecule has 2 aromatic carbocycles. The number of carbonyl (C=O) groups is 4. The van der Waals surface area contributed by atoms with Crippen LogP contribution in [0.15, 0.2) is 60.7 Å². The van der Waals surface area contributed by atoms with Crippen LogP contribution in [-0.2, 0) is 9.59 Å². The second-order valence-corrected chi connectivity index (χ2v) is 8.92. The maximum absolute atomic E-state index is 13.8. The molecule has 1 aliphatic carbocycles. The summed E-state index contributed by atoms with van der Waals surface area (Å²) in [6.45, 7) is 0. The second-order valence-electron chi connectivity index (χ2n) is 8.14. The van der Waals surface area contributed by atoms with Crippen molar-refractivity contribution in [1.82, 2.24) is 10.0 Å². The number of hydrogen-bond donors (Lipinski definition) is 0. The number of alkyl halides is 1. The van der Waals surface area contributed by atoms with Gasteiger partial charge >= 0.3 is 0 Å². The maximum atomic E-state index is 13.8. The van der Waals surface area contributed by atoms with Gasteiger partial charge < -0.3 is 0 Å². The number of imide groups is 1. The topological polar surface area (TPSA) is 74.8 Å². The van der Waals surface area contributed by atoms with E-state index in [2.05, 4.69) is 0 Å². The molecular weight excluding hydrogens is 482 g/mol. The molecule has 2 aliphatic rings. The third kappa shape index (κ3) is 4.38. The fourth-order valence-electron chi connectivity index (χ4n) is 4.40. The summed E-state index contributed by atoms with van der Waals surface area (Å²) in [5, 5.41) is 1.81. The number of carbonyl (C=O) groups excluding carboxylic acids is 4. The highest BCUT2D eigenvalue weighted by atomic mass is 35.5. The molecule has 0 aromatic heterocycles. The van der Waals surface area contributed by atoms with Gasteiger partial charge in [-0.15, -0.1) is 11.6 Å². The van der Waals surface area contributed by atoms with Gasteiger partial charge in [0.2, 0.25) is 0 Å². The molecule has 1 fully saturated rings. The Hall–Kier alpha value is -3.03. The third-order valence-corrected chi connectivity index (χ3v) is 6.67. The molecule has 34 heavy (non-hydrogen) atoms. The highest BCUT2D eigenvalue weighted by Crippen LogP contribution is 2.37. The van der Waals surface area contributed by atoms with Crippen molar-refractivity contribution in [1.29, 1.82) is 0 Å². The molecule has 4 rings (SSSR count). The lowest BCUT2D eigenvalue weighted by Crippen LogP contribution is -2.57. The lowest BCUT2D eigenvalue weighted by molar-refractivity contribution is -0.156. The SMILES string of the molecule is O=C(c1ccc(F)cc1)[C@@H](CCCl)N(C(=O)c1ccccc1Cl)N1C(=O)[C@H]2CC=CC[C@H]2C1=O. The summed E-state index contributed by atoms with van der Waals surface area (Å²) >= 11 is 12.3. The Morgan fingerprint density at radius 2 is 1.59 bits per heavy atom. The smallest absolute Gasteiger partial charge is 0.275 e. The van der Waals surface area contributed by atoms with E-state index in [1.165, 1.54) is 24.3 Å². The third-order valence-electron chi connectivity index (χ3n) is 6.12. The second kappa shape index (κ2) is 10.1. The van der Waals surface area contributed by atoms with Crippen molar-refractivity contribution in [2.45, 2.75) is 25.3 Å². The van der Waals surface area contributed by atoms with Gasteiger partial charge in [-0.05, 0) is 55.7 Å². The number of allylic oxidation sites excluding steroid dienone is 2. The van der Waals surface area contributed by atoms with Crippen LogP contribution in [0.2, 0.25) is 5.02 Å². The van der Waals surface area contributed by atoms with Gasteiger partial charge in [0.15, 0.2) is 5.78 Å². The van der Waals surface area contributed by atoms with E-state index in [1.807, 2.05) is 12.2 Å². The Labute approximate surface area is 205 Å². The van der Waals surface area contributed by atoms with Crippen molar-refractivity contribution in [2.75, 3.05) is 5.88 Å². The van der Waals surface area contributed by atoms with E-state index in [0.29, 0.717) is 12.8 Å². The predicted octanol–water partition coefficient (Wildman–Crippen LogP) is 4.67. The fraction of sp³-hybridized carbons (Fsp3) is 0.280. The monoisotopic (exact) mass is 502 g/mol. The summed E-state index contributed by atoms with van der Waals surface area (Å²) in [5.41, 5.74) is 0.149. The van der Waals surface area contributed by atoms with Crippen LogP contribution in [0.5, 0.6) is 0 Å². The van der Waals surface area contributed by atoms with Gasteiger partial charge in [-0.25, -0.2) is 9.40 Å². The van der Waals surface area contributed by atoms with E-state index < -0.39 is 47.2 Å². The average molecular weight is 503 g/mol. The molecule has 9 heteroatoms. The normalized spacial score (nSPS) is 20.3. The van der Waals surface area contributed by atoms with E-state index >= 15 is 0 Å². The zero-order valence-corrected chi connectivity index (χ0v) is 19.5. The van der Waals surface area contributed by atoms with Crippen LogP contribution in [0.25, 0.3) is 0 Å². The first-order valence-corrected chi connectivity index (χ1v) is 11.7. The lowest BCUT2D eigenvalue weighted by atomic mass is 9.85. The molecule has 0 saturated carbocycles. The molecule has 0 spiro atoms. The Bertz CT molecular complexity index is 1140. The Balaban J connectivity index is 1.82. The lowest BCUT2D eigenvalue weighted by Gasteiger charge is -2.36. The van der Waals surface area contributed by atoms with Crippen LogP contribution in [0.1, 0.15) is 40.0 Å². The van der Waals surface area contributed by atoms with Crippen LogP contribution < -0.4 is 0 Å². The highest BCUT2D eigenvalue weighted by molar-refractivity contribution is 6.34. The van der Waals surface area contributed by atoms with Crippen molar-refractivity contribution < 1.29 is 23.6 Å². The number of nitrogens with zero attached hydrogens (tertiary/aromatic N) is 2. The number of rotatable bonds is 7. The number of halogens is 3. The molecule has 3 amide bonds. The number of hydrogen-bond acceptors (Lipinski definition) is 4. The fourth-order valence-corrected chi connectivity index (χ4v) is 4.82. The zero-order chi connectivity index (χ0) is 24.4. The van der Waals surface area contributed by atoms with Crippen molar-refractivity contribution in [3.05, 3.63) is 82.6 Å². The summed E-state index contributed by atoms with van der Waals surface area (Å²) in [6, 6.07) is 9.72. The van der Waals surface area contributed by atoms with Crippen molar-refractivity contribution in [3.63, 3.8) is 0 Å². The molecule has 0 unspecified atom stereocenters. The largest absolute Gasteiger partial charge is 0.292 e. The van der Waals surface area contributed by atoms with Crippen LogP contribution in [0.4, 0.5) is 4.39 Å². The molecule has 176 valence electrons. The number of benzene rings is 2. The predicted molar refractivity (Wildman–Crippen MR) is 125 cm³/mol. The highest BCUT2D eigenvalue weighted by Gasteiger charge is 2.53. The summed E-state index contributed by atoms with van der Waals surface area (Å²) in [5.74, 6) is -4.24. The first kappa shape index (κ1) is 24.1. The number of Topliss-reactive ketones (excluding diaryl/α,β-unsaturated/α-hetero) is 1. The van der Waals surface area contributed by atoms with E-state index in [4.69, 9.17) is 23.2 Å². The molecule has 1 aliphatic heterocycles. The number of hydrazine groups is 1. The van der Waals surface area contributed by atoms with Gasteiger partial charge in [0.25, 0.3) is 17.7 Å². The Kier molecular flexibility index (Phi) is 7.14. The quantitative estimate of drug-likeness (QED) is 0.238. The summed E-state index contributed by atoms with van der Waals surface area (Å²) < 4.78 is 13.5. The molecule has 0 N–H and O–H groups in total. The molecule has 2 aromatic rings. The Morgan fingerprint density at radius 1 is 1.00 bits per heavy atom. The van der Waals surface area contributed by atoms with E-state index in [1.54, 1.807) is 12.1 Å². The minimum absolute atomic E-state index is 0.0317. The van der Waals surface area contributed by atoms with Crippen molar-refractivity contribution in [3.8, 4) is 0 Å². The van der Waals surface area contributed by atoms with Gasteiger partial charge in [-0.2, -0.15) is 5.01 Å². The van der Waals surface area contributed by atoms with Gasteiger partial charge in [-0.1, -0.05) is 35.9 Å². The van der Waals surface area contributed by atoms with Gasteiger partial charge in [0.05, 0.1) is 22.4 Å². The van der Waals surface area contributed by atoms with Crippen LogP contribution >= 0.6 is 23.2 Å². The summed E-state index contributed by atoms with van der Waals surface area (Å²) in [7, 11) is 0. The minimum Gasteiger partial charge on any atom is -0.292 e. The standard InChI is InChI=1S/C25H21Cl2FN2O4/c26-14-13-21(22(31)15-9-11-16(28)12-10-15)29(25(34)19-7-3-4-8-20(19)27)30-23(32)17-5-1-2-6-18(17)24(30)33/h1-4,7-12,17-18,21H,5-6,13-14H2/t17-,18+,21-/m1/s1. The van der Waals surface area contributed by atoms with Crippen LogP contribution in [0.3, 0.4) is 0 Å². The first-order chi connectivity index (χ1) is 16.3. The van der Waals surface area contributed by atoms with Gasteiger partial charge in [0, 0.05) is 11.4 Å². The average Bonchev–Trinajstić information content (AvgIpc) is 3.09. The number of ketones is 1. The molecular formula is C25H21Cl2FN2O4. The molecule has 6 nitrogen and oxygen atoms in total. The maximum Gasteiger partial charge on any atom is 0.275 e. The Morgan fingerprint density at radius 3 is 2.15 bits per heavy atom. The first-order valence-electron chi connectivity index (χ1n) is 10.8. The number of amides is 3. The van der Waals surface area contributed by atoms with Crippen LogP contribution in [0, 0.1) is 17.7 Å². The number of fused-ring (bicyclic) bond motifs is 1. The molecule has 3 atom stereocenters. The van der Waals surface area contributed by atoms with E-state index in [0.717, 1.165) is 22.2 Å². The van der Waals surface area contributed by atoms with E-state index in [-0.39, 0.29) is 28.5 Å². The van der Waals surface area contributed by atoms with Crippen molar-refractivity contribution >= 4 is 46.7 Å². The minimum atomic E-state index is -1.28. The molecule has 1 saturated heterocycles. The van der Waals surface area contributed by atoms with E-state index in [9.17, 15) is 23.6 Å². The molecule has 0 bridgehead atoms. The van der Waals surface area contributed by atoms with Gasteiger partial charge in [0.1, 0.15) is 11.9 Å². The van der Waals surface area contributed by atoms with Crippen LogP contribution in [-0.4, -0.2) is 45.4 Å². The molecule has 1 heterocycles.